The number of amides is 2. The molecule has 1 aliphatic rings. The summed E-state index contributed by atoms with van der Waals surface area (Å²) in [5.41, 5.74) is 1.28. The molecule has 0 spiro atoms. The molecule has 0 aliphatic heterocycles. The van der Waals surface area contributed by atoms with E-state index in [1.165, 1.54) is 18.8 Å². The second kappa shape index (κ2) is 8.47. The third kappa shape index (κ3) is 4.39. The molecule has 6 heteroatoms. The molecule has 1 heterocycles. The van der Waals surface area contributed by atoms with Crippen LogP contribution in [-0.2, 0) is 0 Å². The summed E-state index contributed by atoms with van der Waals surface area (Å²) >= 11 is 0. The van der Waals surface area contributed by atoms with Crippen LogP contribution in [0.25, 0.3) is 0 Å². The van der Waals surface area contributed by atoms with E-state index in [9.17, 15) is 9.59 Å². The van der Waals surface area contributed by atoms with Gasteiger partial charge in [-0.2, -0.15) is 0 Å². The summed E-state index contributed by atoms with van der Waals surface area (Å²) in [5.74, 6) is 0.0469. The molecule has 1 aromatic carbocycles. The van der Waals surface area contributed by atoms with Gasteiger partial charge in [0.05, 0.1) is 23.9 Å². The fraction of sp³-hybridized carbons (Fsp3) is 0.350. The molecule has 0 unspecified atom stereocenters. The van der Waals surface area contributed by atoms with Gasteiger partial charge in [-0.05, 0) is 31.0 Å². The largest absolute Gasteiger partial charge is 0.495 e. The Morgan fingerprint density at radius 2 is 1.73 bits per heavy atom. The van der Waals surface area contributed by atoms with Crippen molar-refractivity contribution in [2.45, 2.75) is 38.1 Å². The molecule has 0 saturated heterocycles. The number of hydrogen-bond donors (Lipinski definition) is 2. The number of nitrogens with one attached hydrogen (secondary N) is 2. The molecule has 1 fully saturated rings. The van der Waals surface area contributed by atoms with E-state index in [0.29, 0.717) is 22.6 Å². The quantitative estimate of drug-likeness (QED) is 0.863. The number of rotatable bonds is 5. The van der Waals surface area contributed by atoms with Crippen molar-refractivity contribution in [1.82, 2.24) is 10.3 Å². The highest BCUT2D eigenvalue weighted by molar-refractivity contribution is 6.06. The minimum Gasteiger partial charge on any atom is -0.495 e. The van der Waals surface area contributed by atoms with Gasteiger partial charge in [0.25, 0.3) is 11.8 Å². The Morgan fingerprint density at radius 1 is 1.04 bits per heavy atom. The lowest BCUT2D eigenvalue weighted by molar-refractivity contribution is 0.0927. The summed E-state index contributed by atoms with van der Waals surface area (Å²) < 4.78 is 5.23. The van der Waals surface area contributed by atoms with Gasteiger partial charge in [0.1, 0.15) is 5.75 Å². The molecule has 136 valence electrons. The maximum atomic E-state index is 12.5. The lowest BCUT2D eigenvalue weighted by atomic mass is 9.95. The van der Waals surface area contributed by atoms with Crippen LogP contribution in [0.3, 0.4) is 0 Å². The average Bonchev–Trinajstić information content (AvgIpc) is 2.69. The Kier molecular flexibility index (Phi) is 5.84. The highest BCUT2D eigenvalue weighted by atomic mass is 16.5. The lowest BCUT2D eigenvalue weighted by Crippen LogP contribution is -2.36. The van der Waals surface area contributed by atoms with Crippen LogP contribution in [-0.4, -0.2) is 29.9 Å². The Balaban J connectivity index is 1.69. The SMILES string of the molecule is COc1ccccc1NC(=O)c1cncc(C(=O)NC2CCCCC2)c1. The molecule has 2 N–H and O–H groups in total. The van der Waals surface area contributed by atoms with Crippen LogP contribution in [0.1, 0.15) is 52.8 Å². The van der Waals surface area contributed by atoms with E-state index in [2.05, 4.69) is 15.6 Å². The normalized spacial score (nSPS) is 14.5. The summed E-state index contributed by atoms with van der Waals surface area (Å²) in [6.45, 7) is 0. The molecule has 2 amide bonds. The Morgan fingerprint density at radius 3 is 2.46 bits per heavy atom. The molecular formula is C20H23N3O3. The number of hydrogen-bond acceptors (Lipinski definition) is 4. The second-order valence-corrected chi connectivity index (χ2v) is 6.43. The molecule has 0 atom stereocenters. The second-order valence-electron chi connectivity index (χ2n) is 6.43. The standard InChI is InChI=1S/C20H23N3O3/c1-26-18-10-6-5-9-17(18)23-20(25)15-11-14(12-21-13-15)19(24)22-16-7-3-2-4-8-16/h5-6,9-13,16H,2-4,7-8H2,1H3,(H,22,24)(H,23,25). The van der Waals surface area contributed by atoms with Gasteiger partial charge < -0.3 is 15.4 Å². The van der Waals surface area contributed by atoms with Crippen LogP contribution in [0.5, 0.6) is 5.75 Å². The number of benzene rings is 1. The van der Waals surface area contributed by atoms with E-state index in [4.69, 9.17) is 4.74 Å². The van der Waals surface area contributed by atoms with E-state index in [0.717, 1.165) is 25.7 Å². The van der Waals surface area contributed by atoms with Crippen molar-refractivity contribution in [3.63, 3.8) is 0 Å². The zero-order valence-electron chi connectivity index (χ0n) is 14.8. The molecule has 3 rings (SSSR count). The molecule has 6 nitrogen and oxygen atoms in total. The number of carbonyl (C=O) groups is 2. The van der Waals surface area contributed by atoms with Crippen molar-refractivity contribution in [2.24, 2.45) is 0 Å². The van der Waals surface area contributed by atoms with Crippen LogP contribution in [0.15, 0.2) is 42.7 Å². The number of methoxy groups -OCH3 is 1. The van der Waals surface area contributed by atoms with Crippen LogP contribution < -0.4 is 15.4 Å². The van der Waals surface area contributed by atoms with Crippen LogP contribution in [0, 0.1) is 0 Å². The number of para-hydroxylation sites is 2. The van der Waals surface area contributed by atoms with E-state index < -0.39 is 0 Å². The Labute approximate surface area is 153 Å². The van der Waals surface area contributed by atoms with Crippen LogP contribution in [0.2, 0.25) is 0 Å². The average molecular weight is 353 g/mol. The van der Waals surface area contributed by atoms with Gasteiger partial charge in [-0.1, -0.05) is 31.4 Å². The zero-order valence-corrected chi connectivity index (χ0v) is 14.8. The Hall–Kier alpha value is -2.89. The van der Waals surface area contributed by atoms with Crippen molar-refractivity contribution in [3.8, 4) is 5.75 Å². The minimum atomic E-state index is -0.339. The highest BCUT2D eigenvalue weighted by Crippen LogP contribution is 2.23. The first-order chi connectivity index (χ1) is 12.7. The monoisotopic (exact) mass is 353 g/mol. The van der Waals surface area contributed by atoms with Gasteiger partial charge in [-0.15, -0.1) is 0 Å². The topological polar surface area (TPSA) is 80.3 Å². The minimum absolute atomic E-state index is 0.184. The summed E-state index contributed by atoms with van der Waals surface area (Å²) in [4.78, 5) is 29.0. The fourth-order valence-electron chi connectivity index (χ4n) is 3.15. The number of ether oxygens (including phenoxy) is 1. The predicted octanol–water partition coefficient (Wildman–Crippen LogP) is 3.41. The maximum absolute atomic E-state index is 12.5. The number of pyridine rings is 1. The van der Waals surface area contributed by atoms with Gasteiger partial charge in [-0.25, -0.2) is 0 Å². The lowest BCUT2D eigenvalue weighted by Gasteiger charge is -2.22. The van der Waals surface area contributed by atoms with Gasteiger partial charge >= 0.3 is 0 Å². The third-order valence-corrected chi connectivity index (χ3v) is 4.56. The highest BCUT2D eigenvalue weighted by Gasteiger charge is 2.18. The summed E-state index contributed by atoms with van der Waals surface area (Å²) in [5, 5.41) is 5.83. The zero-order chi connectivity index (χ0) is 18.4. The maximum Gasteiger partial charge on any atom is 0.257 e. The van der Waals surface area contributed by atoms with Crippen molar-refractivity contribution < 1.29 is 14.3 Å². The van der Waals surface area contributed by atoms with Gasteiger partial charge in [-0.3, -0.25) is 14.6 Å². The summed E-state index contributed by atoms with van der Waals surface area (Å²) in [6, 6.07) is 8.93. The summed E-state index contributed by atoms with van der Waals surface area (Å²) in [7, 11) is 1.54. The fourth-order valence-corrected chi connectivity index (χ4v) is 3.15. The van der Waals surface area contributed by atoms with Crippen molar-refractivity contribution >= 4 is 17.5 Å². The molecule has 26 heavy (non-hydrogen) atoms. The summed E-state index contributed by atoms with van der Waals surface area (Å²) in [6.07, 6.45) is 8.46. The van der Waals surface area contributed by atoms with Crippen LogP contribution in [0.4, 0.5) is 5.69 Å². The number of anilines is 1. The van der Waals surface area contributed by atoms with Crippen molar-refractivity contribution in [1.29, 1.82) is 0 Å². The number of carbonyl (C=O) groups excluding carboxylic acids is 2. The molecule has 1 aromatic heterocycles. The number of aromatic nitrogens is 1. The van der Waals surface area contributed by atoms with Gasteiger partial charge in [0, 0.05) is 18.4 Å². The van der Waals surface area contributed by atoms with Crippen molar-refractivity contribution in [2.75, 3.05) is 12.4 Å². The molecule has 2 aromatic rings. The smallest absolute Gasteiger partial charge is 0.257 e. The first-order valence-corrected chi connectivity index (χ1v) is 8.87. The van der Waals surface area contributed by atoms with E-state index in [1.807, 2.05) is 12.1 Å². The molecule has 1 aliphatic carbocycles. The molecule has 1 saturated carbocycles. The van der Waals surface area contributed by atoms with E-state index in [1.54, 1.807) is 25.3 Å². The first-order valence-electron chi connectivity index (χ1n) is 8.87. The van der Waals surface area contributed by atoms with E-state index >= 15 is 0 Å². The number of nitrogens with zero attached hydrogens (tertiary/aromatic N) is 1. The van der Waals surface area contributed by atoms with Gasteiger partial charge in [0.2, 0.25) is 0 Å². The molecule has 0 radical (unpaired) electrons. The van der Waals surface area contributed by atoms with E-state index in [-0.39, 0.29) is 17.9 Å². The predicted molar refractivity (Wildman–Crippen MR) is 99.5 cm³/mol. The van der Waals surface area contributed by atoms with Crippen molar-refractivity contribution in [3.05, 3.63) is 53.9 Å². The molecule has 0 bridgehead atoms. The molecular weight excluding hydrogens is 330 g/mol. The third-order valence-electron chi connectivity index (χ3n) is 4.56. The van der Waals surface area contributed by atoms with Gasteiger partial charge in [0.15, 0.2) is 0 Å². The Bertz CT molecular complexity index is 785. The first kappa shape index (κ1) is 17.9. The van der Waals surface area contributed by atoms with Crippen LogP contribution >= 0.6 is 0 Å².